The van der Waals surface area contributed by atoms with Gasteiger partial charge in [0.1, 0.15) is 10.1 Å². The fraction of sp³-hybridized carbons (Fsp3) is 0.520. The van der Waals surface area contributed by atoms with Crippen LogP contribution in [0.1, 0.15) is 56.6 Å². The van der Waals surface area contributed by atoms with E-state index in [1.807, 2.05) is 6.92 Å². The van der Waals surface area contributed by atoms with Crippen molar-refractivity contribution >= 4 is 10.1 Å². The molecule has 0 radical (unpaired) electrons. The van der Waals surface area contributed by atoms with Gasteiger partial charge < -0.3 is 9.04 Å². The molecule has 0 unspecified atom stereocenters. The smallest absolute Gasteiger partial charge is 0.124 e. The predicted molar refractivity (Wildman–Crippen MR) is 125 cm³/mol. The molecule has 0 amide bonds. The van der Waals surface area contributed by atoms with Crippen LogP contribution >= 0.6 is 0 Å². The van der Waals surface area contributed by atoms with Gasteiger partial charge >= 0.3 is 0 Å². The Balaban J connectivity index is 0.000000346. The van der Waals surface area contributed by atoms with Gasteiger partial charge in [-0.25, -0.2) is 8.42 Å². The maximum Gasteiger partial charge on any atom is 0.124 e. The number of hydrogen-bond acceptors (Lipinski definition) is 3. The van der Waals surface area contributed by atoms with Gasteiger partial charge in [-0.05, 0) is 43.9 Å². The van der Waals surface area contributed by atoms with Gasteiger partial charge in [-0.15, -0.1) is 0 Å². The minimum atomic E-state index is -4.27. The number of aryl methyl sites for hydroxylation is 2. The molecule has 30 heavy (non-hydrogen) atoms. The van der Waals surface area contributed by atoms with E-state index in [1.165, 1.54) is 80.2 Å². The summed E-state index contributed by atoms with van der Waals surface area (Å²) in [5.74, 6) is 0. The van der Waals surface area contributed by atoms with Crippen molar-refractivity contribution in [2.24, 2.45) is 0 Å². The highest BCUT2D eigenvalue weighted by Crippen LogP contribution is 2.10. The van der Waals surface area contributed by atoms with Crippen molar-refractivity contribution in [3.63, 3.8) is 0 Å². The Bertz CT molecular complexity index is 800. The van der Waals surface area contributed by atoms with E-state index in [1.54, 1.807) is 12.1 Å². The Morgan fingerprint density at radius 2 is 1.37 bits per heavy atom. The van der Waals surface area contributed by atoms with Crippen LogP contribution in [0.5, 0.6) is 0 Å². The van der Waals surface area contributed by atoms with Crippen LogP contribution in [-0.2, 0) is 16.5 Å². The molecule has 168 valence electrons. The van der Waals surface area contributed by atoms with Gasteiger partial charge in [0.2, 0.25) is 0 Å². The molecule has 5 heteroatoms. The first-order valence-corrected chi connectivity index (χ1v) is 12.4. The van der Waals surface area contributed by atoms with Gasteiger partial charge in [0.25, 0.3) is 0 Å². The molecule has 2 rings (SSSR count). The zero-order valence-electron chi connectivity index (χ0n) is 19.1. The molecule has 0 aliphatic heterocycles. The van der Waals surface area contributed by atoms with Gasteiger partial charge in [0.05, 0.1) is 32.1 Å². The normalized spacial score (nSPS) is 11.6. The number of benzene rings is 2. The summed E-state index contributed by atoms with van der Waals surface area (Å²) >= 11 is 0. The molecule has 0 heterocycles. The highest BCUT2D eigenvalue weighted by atomic mass is 32.2. The predicted octanol–water partition coefficient (Wildman–Crippen LogP) is 5.57. The molecule has 0 saturated heterocycles. The van der Waals surface area contributed by atoms with Crippen LogP contribution in [0.2, 0.25) is 0 Å². The number of nitrogens with zero attached hydrogens (tertiary/aromatic N) is 1. The lowest BCUT2D eigenvalue weighted by molar-refractivity contribution is -0.890. The molecule has 2 aromatic carbocycles. The van der Waals surface area contributed by atoms with Gasteiger partial charge in [-0.2, -0.15) is 0 Å². The van der Waals surface area contributed by atoms with E-state index in [0.29, 0.717) is 0 Å². The summed E-state index contributed by atoms with van der Waals surface area (Å²) in [5, 5.41) is 0. The van der Waals surface area contributed by atoms with E-state index in [4.69, 9.17) is 0 Å². The molecule has 0 spiro atoms. The second-order valence-electron chi connectivity index (χ2n) is 8.65. The van der Waals surface area contributed by atoms with E-state index in [9.17, 15) is 13.0 Å². The van der Waals surface area contributed by atoms with E-state index in [2.05, 4.69) is 51.4 Å². The Labute approximate surface area is 184 Å². The van der Waals surface area contributed by atoms with Gasteiger partial charge in [-0.1, -0.05) is 74.2 Å². The van der Waals surface area contributed by atoms with Gasteiger partial charge in [-0.3, -0.25) is 0 Å². The third-order valence-corrected chi connectivity index (χ3v) is 6.10. The third kappa shape index (κ3) is 12.1. The van der Waals surface area contributed by atoms with Crippen LogP contribution < -0.4 is 0 Å². The molecular weight excluding hydrogens is 394 g/mol. The molecule has 0 saturated carbocycles. The van der Waals surface area contributed by atoms with Crippen molar-refractivity contribution in [2.75, 3.05) is 27.2 Å². The molecular formula is C25H39NO3S. The van der Waals surface area contributed by atoms with Crippen molar-refractivity contribution in [2.45, 2.75) is 63.7 Å². The number of rotatable bonds is 11. The first-order chi connectivity index (χ1) is 14.1. The van der Waals surface area contributed by atoms with Crippen molar-refractivity contribution in [3.05, 3.63) is 65.7 Å². The van der Waals surface area contributed by atoms with Crippen LogP contribution in [0.3, 0.4) is 0 Å². The lowest BCUT2D eigenvalue weighted by Gasteiger charge is -2.30. The molecule has 0 bridgehead atoms. The molecule has 0 atom stereocenters. The van der Waals surface area contributed by atoms with E-state index < -0.39 is 10.1 Å². The number of hydrogen-bond donors (Lipinski definition) is 0. The second-order valence-corrected chi connectivity index (χ2v) is 10.0. The first kappa shape index (κ1) is 26.3. The van der Waals surface area contributed by atoms with Gasteiger partial charge in [0, 0.05) is 6.42 Å². The molecule has 0 N–H and O–H groups in total. The second kappa shape index (κ2) is 13.6. The fourth-order valence-corrected chi connectivity index (χ4v) is 3.79. The summed E-state index contributed by atoms with van der Waals surface area (Å²) in [6.07, 6.45) is 9.48. The molecule has 4 nitrogen and oxygen atoms in total. The molecule has 0 aromatic heterocycles. The summed E-state index contributed by atoms with van der Waals surface area (Å²) in [6, 6.07) is 16.6. The minimum Gasteiger partial charge on any atom is -0.744 e. The zero-order chi connectivity index (χ0) is 22.5. The average Bonchev–Trinajstić information content (AvgIpc) is 2.68. The summed E-state index contributed by atoms with van der Waals surface area (Å²) in [7, 11) is 0.490. The summed E-state index contributed by atoms with van der Waals surface area (Å²) in [6.45, 7) is 6.73. The molecule has 0 aliphatic rings. The quantitative estimate of drug-likeness (QED) is 0.265. The Kier molecular flexibility index (Phi) is 11.9. The van der Waals surface area contributed by atoms with Crippen molar-refractivity contribution in [1.82, 2.24) is 0 Å². The van der Waals surface area contributed by atoms with Crippen molar-refractivity contribution in [1.29, 1.82) is 0 Å². The Hall–Kier alpha value is -1.69. The molecule has 2 aromatic rings. The molecule has 0 aliphatic carbocycles. The van der Waals surface area contributed by atoms with E-state index >= 15 is 0 Å². The monoisotopic (exact) mass is 433 g/mol. The van der Waals surface area contributed by atoms with E-state index in [0.717, 1.165) is 5.56 Å². The maximum atomic E-state index is 10.4. The van der Waals surface area contributed by atoms with Gasteiger partial charge in [0.15, 0.2) is 0 Å². The maximum absolute atomic E-state index is 10.4. The SMILES string of the molecule is CCCCCCC[N+](C)(C)CCCc1ccccc1.Cc1ccc(S(=O)(=O)[O-])cc1. The van der Waals surface area contributed by atoms with Crippen LogP contribution in [0.15, 0.2) is 59.5 Å². The van der Waals surface area contributed by atoms with Crippen LogP contribution in [0.4, 0.5) is 0 Å². The lowest BCUT2D eigenvalue weighted by atomic mass is 10.1. The highest BCUT2D eigenvalue weighted by molar-refractivity contribution is 7.85. The fourth-order valence-electron chi connectivity index (χ4n) is 3.32. The lowest BCUT2D eigenvalue weighted by Crippen LogP contribution is -2.41. The average molecular weight is 434 g/mol. The summed E-state index contributed by atoms with van der Waals surface area (Å²) in [5.41, 5.74) is 2.41. The van der Waals surface area contributed by atoms with Crippen LogP contribution in [0, 0.1) is 6.92 Å². The third-order valence-electron chi connectivity index (χ3n) is 5.25. The summed E-state index contributed by atoms with van der Waals surface area (Å²) in [4.78, 5) is -0.178. The van der Waals surface area contributed by atoms with Crippen LogP contribution in [-0.4, -0.2) is 44.6 Å². The zero-order valence-corrected chi connectivity index (χ0v) is 20.0. The molecule has 0 fully saturated rings. The highest BCUT2D eigenvalue weighted by Gasteiger charge is 2.13. The Morgan fingerprint density at radius 1 is 0.800 bits per heavy atom. The largest absolute Gasteiger partial charge is 0.744 e. The number of quaternary nitrogens is 1. The number of unbranched alkanes of at least 4 members (excludes halogenated alkanes) is 4. The summed E-state index contributed by atoms with van der Waals surface area (Å²) < 4.78 is 32.3. The standard InChI is InChI=1S/C18H32N.C7H8O3S/c1-4-5-6-7-11-16-19(2,3)17-12-15-18-13-9-8-10-14-18;1-6-2-4-7(5-3-6)11(8,9)10/h8-10,13-14H,4-7,11-12,15-17H2,1-3H3;2-5H,1H3,(H,8,9,10)/q+1;/p-1. The van der Waals surface area contributed by atoms with Crippen molar-refractivity contribution < 1.29 is 17.5 Å². The minimum absolute atomic E-state index is 0.178. The topological polar surface area (TPSA) is 57.2 Å². The van der Waals surface area contributed by atoms with Crippen molar-refractivity contribution in [3.8, 4) is 0 Å². The van der Waals surface area contributed by atoms with Crippen LogP contribution in [0.25, 0.3) is 0 Å². The van der Waals surface area contributed by atoms with E-state index in [-0.39, 0.29) is 4.90 Å². The first-order valence-electron chi connectivity index (χ1n) is 11.0. The Morgan fingerprint density at radius 3 is 1.93 bits per heavy atom.